The fourth-order valence-electron chi connectivity index (χ4n) is 4.68. The molecule has 2 amide bonds. The maximum absolute atomic E-state index is 12.6. The first kappa shape index (κ1) is 21.6. The summed E-state index contributed by atoms with van der Waals surface area (Å²) in [6.07, 6.45) is 4.28. The lowest BCUT2D eigenvalue weighted by Gasteiger charge is -2.32. The zero-order valence-corrected chi connectivity index (χ0v) is 18.6. The highest BCUT2D eigenvalue weighted by Gasteiger charge is 2.26. The second-order valence-electron chi connectivity index (χ2n) is 8.81. The van der Waals surface area contributed by atoms with Gasteiger partial charge in [-0.3, -0.25) is 9.59 Å². The van der Waals surface area contributed by atoms with Crippen molar-refractivity contribution in [2.75, 3.05) is 49.5 Å². The number of anilines is 2. The lowest BCUT2D eigenvalue weighted by molar-refractivity contribution is -0.125. The van der Waals surface area contributed by atoms with E-state index in [1.54, 1.807) is 0 Å². The summed E-state index contributed by atoms with van der Waals surface area (Å²) in [6.45, 7) is 9.32. The van der Waals surface area contributed by atoms with Gasteiger partial charge in [0.15, 0.2) is 0 Å². The van der Waals surface area contributed by atoms with Crippen molar-refractivity contribution in [3.63, 3.8) is 0 Å². The Balaban J connectivity index is 1.33. The standard InChI is InChI=1S/C24H33N5O2/c1-17-15-23(27-22-6-5-20(16-21(17)22)26-18(2)30)29-12-7-19(8-13-29)24(31)25-9-14-28-10-3-4-11-28/h5-6,15-16,19H,3-4,7-14H2,1-2H3,(H,25,31)(H,26,30). The van der Waals surface area contributed by atoms with E-state index in [0.717, 1.165) is 67.0 Å². The van der Waals surface area contributed by atoms with Crippen molar-refractivity contribution in [2.24, 2.45) is 5.92 Å². The van der Waals surface area contributed by atoms with Gasteiger partial charge in [0.05, 0.1) is 5.52 Å². The van der Waals surface area contributed by atoms with E-state index in [1.807, 2.05) is 18.2 Å². The van der Waals surface area contributed by atoms with E-state index in [0.29, 0.717) is 0 Å². The Morgan fingerprint density at radius 2 is 1.84 bits per heavy atom. The molecule has 0 aliphatic carbocycles. The number of piperidine rings is 1. The topological polar surface area (TPSA) is 77.6 Å². The molecule has 4 rings (SSSR count). The number of benzene rings is 1. The Kier molecular flexibility index (Phi) is 6.70. The number of nitrogens with one attached hydrogen (secondary N) is 2. The van der Waals surface area contributed by atoms with Crippen LogP contribution < -0.4 is 15.5 Å². The highest BCUT2D eigenvalue weighted by molar-refractivity contribution is 5.93. The first-order valence-corrected chi connectivity index (χ1v) is 11.4. The van der Waals surface area contributed by atoms with E-state index in [1.165, 1.54) is 32.9 Å². The van der Waals surface area contributed by atoms with Crippen LogP contribution in [0.4, 0.5) is 11.5 Å². The molecule has 2 fully saturated rings. The molecule has 7 nitrogen and oxygen atoms in total. The Bertz CT molecular complexity index is 946. The molecule has 1 aromatic heterocycles. The Morgan fingerprint density at radius 1 is 1.10 bits per heavy atom. The summed E-state index contributed by atoms with van der Waals surface area (Å²) in [5, 5.41) is 7.02. The van der Waals surface area contributed by atoms with Gasteiger partial charge in [-0.1, -0.05) is 0 Å². The third-order valence-corrected chi connectivity index (χ3v) is 6.44. The monoisotopic (exact) mass is 423 g/mol. The molecule has 166 valence electrons. The first-order valence-electron chi connectivity index (χ1n) is 11.4. The molecule has 2 saturated heterocycles. The van der Waals surface area contributed by atoms with Gasteiger partial charge in [-0.25, -0.2) is 4.98 Å². The minimum absolute atomic E-state index is 0.0791. The number of carbonyl (C=O) groups excluding carboxylic acids is 2. The van der Waals surface area contributed by atoms with E-state index >= 15 is 0 Å². The average molecular weight is 424 g/mol. The quantitative estimate of drug-likeness (QED) is 0.747. The van der Waals surface area contributed by atoms with Crippen molar-refractivity contribution in [3.05, 3.63) is 29.8 Å². The van der Waals surface area contributed by atoms with Gasteiger partial charge in [-0.15, -0.1) is 0 Å². The van der Waals surface area contributed by atoms with Crippen LogP contribution in [0.2, 0.25) is 0 Å². The molecule has 2 N–H and O–H groups in total. The smallest absolute Gasteiger partial charge is 0.223 e. The zero-order chi connectivity index (χ0) is 21.8. The molecule has 2 aliphatic heterocycles. The number of aryl methyl sites for hydroxylation is 1. The second-order valence-corrected chi connectivity index (χ2v) is 8.81. The van der Waals surface area contributed by atoms with Gasteiger partial charge < -0.3 is 20.4 Å². The zero-order valence-electron chi connectivity index (χ0n) is 18.6. The lowest BCUT2D eigenvalue weighted by atomic mass is 9.95. The molecule has 0 spiro atoms. The number of aromatic nitrogens is 1. The number of amides is 2. The van der Waals surface area contributed by atoms with E-state index < -0.39 is 0 Å². The van der Waals surface area contributed by atoms with Crippen LogP contribution >= 0.6 is 0 Å². The number of likely N-dealkylation sites (tertiary alicyclic amines) is 1. The van der Waals surface area contributed by atoms with Crippen LogP contribution in [0.3, 0.4) is 0 Å². The molecule has 7 heteroatoms. The largest absolute Gasteiger partial charge is 0.357 e. The third kappa shape index (κ3) is 5.34. The van der Waals surface area contributed by atoms with Gasteiger partial charge >= 0.3 is 0 Å². The molecular weight excluding hydrogens is 390 g/mol. The van der Waals surface area contributed by atoms with Gasteiger partial charge in [0.1, 0.15) is 5.82 Å². The maximum Gasteiger partial charge on any atom is 0.223 e. The molecular formula is C24H33N5O2. The Morgan fingerprint density at radius 3 is 2.55 bits per heavy atom. The molecule has 1 aromatic carbocycles. The fourth-order valence-corrected chi connectivity index (χ4v) is 4.68. The van der Waals surface area contributed by atoms with Crippen molar-refractivity contribution in [3.8, 4) is 0 Å². The number of carbonyl (C=O) groups is 2. The summed E-state index contributed by atoms with van der Waals surface area (Å²) in [5.74, 6) is 1.18. The predicted octanol–water partition coefficient (Wildman–Crippen LogP) is 2.93. The van der Waals surface area contributed by atoms with E-state index in [9.17, 15) is 9.59 Å². The van der Waals surface area contributed by atoms with Gasteiger partial charge in [-0.2, -0.15) is 0 Å². The highest BCUT2D eigenvalue weighted by atomic mass is 16.2. The first-order chi connectivity index (χ1) is 15.0. The van der Waals surface area contributed by atoms with Gasteiger partial charge in [0.25, 0.3) is 0 Å². The third-order valence-electron chi connectivity index (χ3n) is 6.44. The summed E-state index contributed by atoms with van der Waals surface area (Å²) < 4.78 is 0. The fraction of sp³-hybridized carbons (Fsp3) is 0.542. The average Bonchev–Trinajstić information content (AvgIpc) is 3.27. The van der Waals surface area contributed by atoms with Crippen LogP contribution in [0.1, 0.15) is 38.2 Å². The van der Waals surface area contributed by atoms with Crippen LogP contribution in [0.5, 0.6) is 0 Å². The minimum Gasteiger partial charge on any atom is -0.357 e. The number of rotatable bonds is 6. The molecule has 0 bridgehead atoms. The molecule has 3 heterocycles. The molecule has 31 heavy (non-hydrogen) atoms. The minimum atomic E-state index is -0.0791. The van der Waals surface area contributed by atoms with Crippen LogP contribution in [0.25, 0.3) is 10.9 Å². The second kappa shape index (κ2) is 9.64. The number of hydrogen-bond donors (Lipinski definition) is 2. The van der Waals surface area contributed by atoms with Crippen LogP contribution in [0, 0.1) is 12.8 Å². The van der Waals surface area contributed by atoms with Crippen LogP contribution in [-0.4, -0.2) is 61.0 Å². The number of hydrogen-bond acceptors (Lipinski definition) is 5. The van der Waals surface area contributed by atoms with Gasteiger partial charge in [0, 0.05) is 50.1 Å². The van der Waals surface area contributed by atoms with Gasteiger partial charge in [-0.05, 0) is 75.5 Å². The molecule has 0 saturated carbocycles. The molecule has 2 aromatic rings. The summed E-state index contributed by atoms with van der Waals surface area (Å²) in [4.78, 5) is 33.4. The SMILES string of the molecule is CC(=O)Nc1ccc2nc(N3CCC(C(=O)NCCN4CCCC4)CC3)cc(C)c2c1. The summed E-state index contributed by atoms with van der Waals surface area (Å²) in [7, 11) is 0. The molecule has 0 radical (unpaired) electrons. The summed E-state index contributed by atoms with van der Waals surface area (Å²) in [6, 6.07) is 7.92. The normalized spacial score (nSPS) is 17.8. The van der Waals surface area contributed by atoms with E-state index in [2.05, 4.69) is 33.4 Å². The number of pyridine rings is 1. The van der Waals surface area contributed by atoms with Crippen molar-refractivity contribution in [1.82, 2.24) is 15.2 Å². The van der Waals surface area contributed by atoms with Crippen molar-refractivity contribution in [1.29, 1.82) is 0 Å². The Labute approximate surface area is 184 Å². The molecule has 0 atom stereocenters. The van der Waals surface area contributed by atoms with Crippen molar-refractivity contribution >= 4 is 34.2 Å². The van der Waals surface area contributed by atoms with Crippen LogP contribution in [-0.2, 0) is 9.59 Å². The lowest BCUT2D eigenvalue weighted by Crippen LogP contribution is -2.42. The van der Waals surface area contributed by atoms with Crippen molar-refractivity contribution in [2.45, 2.75) is 39.5 Å². The highest BCUT2D eigenvalue weighted by Crippen LogP contribution is 2.28. The Hall–Kier alpha value is -2.67. The van der Waals surface area contributed by atoms with Crippen LogP contribution in [0.15, 0.2) is 24.3 Å². The predicted molar refractivity (Wildman–Crippen MR) is 124 cm³/mol. The summed E-state index contributed by atoms with van der Waals surface area (Å²) in [5.41, 5.74) is 2.84. The maximum atomic E-state index is 12.6. The summed E-state index contributed by atoms with van der Waals surface area (Å²) >= 11 is 0. The molecule has 2 aliphatic rings. The van der Waals surface area contributed by atoms with E-state index in [4.69, 9.17) is 4.98 Å². The molecule has 0 unspecified atom stereocenters. The van der Waals surface area contributed by atoms with E-state index in [-0.39, 0.29) is 17.7 Å². The van der Waals surface area contributed by atoms with Gasteiger partial charge in [0.2, 0.25) is 11.8 Å². The number of nitrogens with zero attached hydrogens (tertiary/aromatic N) is 3. The number of fused-ring (bicyclic) bond motifs is 1. The van der Waals surface area contributed by atoms with Crippen molar-refractivity contribution < 1.29 is 9.59 Å².